The Morgan fingerprint density at radius 3 is 2.82 bits per heavy atom. The van der Waals surface area contributed by atoms with Crippen LogP contribution in [-0.4, -0.2) is 18.5 Å². The molecule has 0 saturated heterocycles. The highest BCUT2D eigenvalue weighted by atomic mass is 16.5. The molecule has 0 radical (unpaired) electrons. The molecule has 0 spiro atoms. The number of rotatable bonds is 6. The maximum atomic E-state index is 10.9. The van der Waals surface area contributed by atoms with Gasteiger partial charge in [-0.25, -0.2) is 0 Å². The topological polar surface area (TPSA) is 26.3 Å². The summed E-state index contributed by atoms with van der Waals surface area (Å²) >= 11 is 0. The van der Waals surface area contributed by atoms with Crippen LogP contribution in [0.1, 0.15) is 26.7 Å². The molecule has 0 bridgehead atoms. The molecule has 64 valence electrons. The number of carbonyl (C=O) groups is 1. The van der Waals surface area contributed by atoms with Crippen molar-refractivity contribution in [3.8, 4) is 0 Å². The zero-order chi connectivity index (χ0) is 8.69. The first kappa shape index (κ1) is 10.4. The van der Waals surface area contributed by atoms with Gasteiger partial charge in [0.15, 0.2) is 0 Å². The maximum Gasteiger partial charge on any atom is 0.135 e. The van der Waals surface area contributed by atoms with Crippen LogP contribution in [0, 0.1) is 0 Å². The van der Waals surface area contributed by atoms with E-state index in [-0.39, 0.29) is 11.9 Å². The molecule has 0 aliphatic carbocycles. The lowest BCUT2D eigenvalue weighted by Gasteiger charge is -2.09. The Labute approximate surface area is 68.2 Å². The third kappa shape index (κ3) is 5.80. The average molecular weight is 156 g/mol. The van der Waals surface area contributed by atoms with Gasteiger partial charge < -0.3 is 4.74 Å². The summed E-state index contributed by atoms with van der Waals surface area (Å²) in [6.07, 6.45) is 2.83. The molecule has 0 amide bonds. The van der Waals surface area contributed by atoms with Crippen LogP contribution in [0.5, 0.6) is 0 Å². The summed E-state index contributed by atoms with van der Waals surface area (Å²) in [7, 11) is 0. The summed E-state index contributed by atoms with van der Waals surface area (Å²) in [5, 5.41) is 0. The molecular weight excluding hydrogens is 140 g/mol. The Kier molecular flexibility index (Phi) is 5.75. The third-order valence-electron chi connectivity index (χ3n) is 1.41. The molecule has 0 aliphatic heterocycles. The Morgan fingerprint density at radius 2 is 2.36 bits per heavy atom. The Balaban J connectivity index is 3.42. The number of ether oxygens (including phenoxy) is 1. The minimum atomic E-state index is 0.0282. The maximum absolute atomic E-state index is 10.9. The lowest BCUT2D eigenvalue weighted by Crippen LogP contribution is -2.13. The van der Waals surface area contributed by atoms with E-state index in [0.29, 0.717) is 19.4 Å². The second-order valence-electron chi connectivity index (χ2n) is 2.53. The molecular formula is C9H16O2. The van der Waals surface area contributed by atoms with E-state index in [4.69, 9.17) is 4.74 Å². The molecule has 0 heterocycles. The Bertz CT molecular complexity index is 130. The fourth-order valence-electron chi connectivity index (χ4n) is 0.756. The highest BCUT2D eigenvalue weighted by Crippen LogP contribution is 2.00. The second kappa shape index (κ2) is 6.10. The van der Waals surface area contributed by atoms with Crippen molar-refractivity contribution < 1.29 is 9.53 Å². The molecule has 11 heavy (non-hydrogen) atoms. The van der Waals surface area contributed by atoms with Gasteiger partial charge in [0.2, 0.25) is 0 Å². The van der Waals surface area contributed by atoms with Gasteiger partial charge in [-0.05, 0) is 6.92 Å². The minimum Gasteiger partial charge on any atom is -0.374 e. The van der Waals surface area contributed by atoms with Gasteiger partial charge in [-0.15, -0.1) is 6.58 Å². The van der Waals surface area contributed by atoms with E-state index in [0.717, 1.165) is 0 Å². The summed E-state index contributed by atoms with van der Waals surface area (Å²) in [4.78, 5) is 10.9. The lowest BCUT2D eigenvalue weighted by atomic mass is 10.1. The van der Waals surface area contributed by atoms with Gasteiger partial charge in [0.1, 0.15) is 5.78 Å². The van der Waals surface area contributed by atoms with Crippen LogP contribution in [0.2, 0.25) is 0 Å². The van der Waals surface area contributed by atoms with Crippen molar-refractivity contribution in [2.24, 2.45) is 0 Å². The van der Waals surface area contributed by atoms with Crippen molar-refractivity contribution in [2.75, 3.05) is 6.61 Å². The predicted molar refractivity (Wildman–Crippen MR) is 45.5 cm³/mol. The molecule has 1 atom stereocenters. The van der Waals surface area contributed by atoms with Gasteiger partial charge >= 0.3 is 0 Å². The van der Waals surface area contributed by atoms with Gasteiger partial charge in [-0.3, -0.25) is 4.79 Å². The smallest absolute Gasteiger partial charge is 0.135 e. The first-order valence-corrected chi connectivity index (χ1v) is 3.94. The number of ketones is 1. The van der Waals surface area contributed by atoms with E-state index in [1.807, 2.05) is 13.8 Å². The van der Waals surface area contributed by atoms with E-state index in [1.165, 1.54) is 0 Å². The molecule has 0 aromatic carbocycles. The molecule has 0 fully saturated rings. The van der Waals surface area contributed by atoms with E-state index in [2.05, 4.69) is 6.58 Å². The summed E-state index contributed by atoms with van der Waals surface area (Å²) in [6.45, 7) is 7.81. The van der Waals surface area contributed by atoms with Crippen LogP contribution in [-0.2, 0) is 9.53 Å². The van der Waals surface area contributed by atoms with Crippen LogP contribution in [0.4, 0.5) is 0 Å². The molecule has 0 N–H and O–H groups in total. The molecule has 2 nitrogen and oxygen atoms in total. The van der Waals surface area contributed by atoms with Gasteiger partial charge in [0, 0.05) is 12.8 Å². The zero-order valence-corrected chi connectivity index (χ0v) is 7.30. The SMILES string of the molecule is C=CCOC(C)CC(=O)CC. The normalized spacial score (nSPS) is 12.5. The molecule has 2 heteroatoms. The molecule has 1 unspecified atom stereocenters. The number of hydrogen-bond donors (Lipinski definition) is 0. The second-order valence-corrected chi connectivity index (χ2v) is 2.53. The molecule has 0 saturated carbocycles. The van der Waals surface area contributed by atoms with Gasteiger partial charge in [0.05, 0.1) is 12.7 Å². The Morgan fingerprint density at radius 1 is 1.73 bits per heavy atom. The van der Waals surface area contributed by atoms with Crippen molar-refractivity contribution in [2.45, 2.75) is 32.8 Å². The van der Waals surface area contributed by atoms with Crippen molar-refractivity contribution in [3.63, 3.8) is 0 Å². The highest BCUT2D eigenvalue weighted by Gasteiger charge is 2.05. The van der Waals surface area contributed by atoms with Crippen LogP contribution in [0.15, 0.2) is 12.7 Å². The number of hydrogen-bond acceptors (Lipinski definition) is 2. The highest BCUT2D eigenvalue weighted by molar-refractivity contribution is 5.78. The summed E-state index contributed by atoms with van der Waals surface area (Å²) < 4.78 is 5.22. The van der Waals surface area contributed by atoms with Crippen molar-refractivity contribution >= 4 is 5.78 Å². The van der Waals surface area contributed by atoms with Crippen molar-refractivity contribution in [3.05, 3.63) is 12.7 Å². The minimum absolute atomic E-state index is 0.0282. The number of Topliss-reactive ketones (excluding diaryl/α,β-unsaturated/α-hetero) is 1. The summed E-state index contributed by atoms with van der Waals surface area (Å²) in [5.41, 5.74) is 0. The monoisotopic (exact) mass is 156 g/mol. The molecule has 0 rings (SSSR count). The third-order valence-corrected chi connectivity index (χ3v) is 1.41. The van der Waals surface area contributed by atoms with E-state index >= 15 is 0 Å². The molecule has 0 aliphatic rings. The van der Waals surface area contributed by atoms with Crippen LogP contribution < -0.4 is 0 Å². The molecule has 0 aromatic rings. The lowest BCUT2D eigenvalue weighted by molar-refractivity contribution is -0.121. The van der Waals surface area contributed by atoms with Crippen LogP contribution in [0.3, 0.4) is 0 Å². The quantitative estimate of drug-likeness (QED) is 0.549. The fourth-order valence-corrected chi connectivity index (χ4v) is 0.756. The van der Waals surface area contributed by atoms with Gasteiger partial charge in [0.25, 0.3) is 0 Å². The standard InChI is InChI=1S/C9H16O2/c1-4-6-11-8(3)7-9(10)5-2/h4,8H,1,5-7H2,2-3H3. The zero-order valence-electron chi connectivity index (χ0n) is 7.30. The number of carbonyl (C=O) groups excluding carboxylic acids is 1. The van der Waals surface area contributed by atoms with Crippen LogP contribution >= 0.6 is 0 Å². The summed E-state index contributed by atoms with van der Waals surface area (Å²) in [6, 6.07) is 0. The van der Waals surface area contributed by atoms with Gasteiger partial charge in [-0.2, -0.15) is 0 Å². The average Bonchev–Trinajstić information content (AvgIpc) is 2.00. The van der Waals surface area contributed by atoms with Gasteiger partial charge in [-0.1, -0.05) is 13.0 Å². The first-order valence-electron chi connectivity index (χ1n) is 3.94. The van der Waals surface area contributed by atoms with E-state index < -0.39 is 0 Å². The van der Waals surface area contributed by atoms with Crippen molar-refractivity contribution in [1.29, 1.82) is 0 Å². The first-order chi connectivity index (χ1) is 5.20. The van der Waals surface area contributed by atoms with E-state index in [9.17, 15) is 4.79 Å². The Hall–Kier alpha value is -0.630. The fraction of sp³-hybridized carbons (Fsp3) is 0.667. The summed E-state index contributed by atoms with van der Waals surface area (Å²) in [5.74, 6) is 0.251. The van der Waals surface area contributed by atoms with E-state index in [1.54, 1.807) is 6.08 Å². The van der Waals surface area contributed by atoms with Crippen molar-refractivity contribution in [1.82, 2.24) is 0 Å². The largest absolute Gasteiger partial charge is 0.374 e. The molecule has 0 aromatic heterocycles. The predicted octanol–water partition coefficient (Wildman–Crippen LogP) is 1.95. The van der Waals surface area contributed by atoms with Crippen LogP contribution in [0.25, 0.3) is 0 Å².